The van der Waals surface area contributed by atoms with Crippen LogP contribution >= 0.6 is 0 Å². The van der Waals surface area contributed by atoms with Crippen LogP contribution in [0.15, 0.2) is 36.5 Å². The topological polar surface area (TPSA) is 48.1 Å². The second-order valence-corrected chi connectivity index (χ2v) is 4.15. The maximum absolute atomic E-state index is 13.2. The van der Waals surface area contributed by atoms with Crippen LogP contribution in [0.25, 0.3) is 0 Å². The monoisotopic (exact) mass is 264 g/mol. The maximum atomic E-state index is 13.2. The van der Waals surface area contributed by atoms with Crippen molar-refractivity contribution in [2.24, 2.45) is 0 Å². The number of nitrogens with two attached hydrogens (primary N) is 1. The number of benzene rings is 1. The lowest BCUT2D eigenvalue weighted by molar-refractivity contribution is 0.166. The minimum absolute atomic E-state index is 0.176. The third kappa shape index (κ3) is 2.99. The average Bonchev–Trinajstić information content (AvgIpc) is 2.41. The van der Waals surface area contributed by atoms with Crippen LogP contribution in [0.2, 0.25) is 0 Å². The Morgan fingerprint density at radius 1 is 1.37 bits per heavy atom. The van der Waals surface area contributed by atoms with Crippen LogP contribution in [0.1, 0.15) is 17.2 Å². The number of ether oxygens (including phenoxy) is 1. The van der Waals surface area contributed by atoms with E-state index in [9.17, 15) is 8.78 Å². The quantitative estimate of drug-likeness (QED) is 0.922. The van der Waals surface area contributed by atoms with Gasteiger partial charge in [-0.3, -0.25) is 0 Å². The number of aryl methyl sites for hydroxylation is 1. The lowest BCUT2D eigenvalue weighted by Crippen LogP contribution is -2.13. The van der Waals surface area contributed by atoms with Gasteiger partial charge in [0, 0.05) is 11.8 Å². The molecule has 0 bridgehead atoms. The molecule has 0 spiro atoms. The predicted molar refractivity (Wildman–Crippen MR) is 69.1 cm³/mol. The minimum Gasteiger partial charge on any atom is -0.479 e. The summed E-state index contributed by atoms with van der Waals surface area (Å²) in [5.41, 5.74) is 6.86. The molecule has 1 aromatic heterocycles. The molecule has 1 atom stereocenters. The molecule has 19 heavy (non-hydrogen) atoms. The van der Waals surface area contributed by atoms with Crippen LogP contribution in [0.5, 0.6) is 5.75 Å². The van der Waals surface area contributed by atoms with Crippen molar-refractivity contribution in [3.8, 4) is 5.75 Å². The van der Waals surface area contributed by atoms with Gasteiger partial charge in [-0.2, -0.15) is 0 Å². The molecule has 0 radical (unpaired) electrons. The zero-order valence-corrected chi connectivity index (χ0v) is 10.4. The molecule has 5 heteroatoms. The van der Waals surface area contributed by atoms with Crippen molar-refractivity contribution in [2.45, 2.75) is 13.0 Å². The third-order valence-corrected chi connectivity index (χ3v) is 2.80. The van der Waals surface area contributed by atoms with Crippen molar-refractivity contribution in [3.63, 3.8) is 0 Å². The number of anilines is 1. The summed E-state index contributed by atoms with van der Waals surface area (Å²) in [6, 6.07) is 7.42. The van der Waals surface area contributed by atoms with E-state index >= 15 is 0 Å². The van der Waals surface area contributed by atoms with Gasteiger partial charge in [0.2, 0.25) is 0 Å². The highest BCUT2D eigenvalue weighted by molar-refractivity contribution is 5.45. The van der Waals surface area contributed by atoms with Crippen molar-refractivity contribution >= 4 is 5.82 Å². The summed E-state index contributed by atoms with van der Waals surface area (Å²) in [6.07, 6.45) is 0.613. The van der Waals surface area contributed by atoms with Crippen molar-refractivity contribution in [1.29, 1.82) is 0 Å². The molecule has 1 heterocycles. The summed E-state index contributed by atoms with van der Waals surface area (Å²) in [7, 11) is 0. The van der Waals surface area contributed by atoms with Crippen molar-refractivity contribution in [3.05, 3.63) is 53.5 Å². The number of hydrogen-bond acceptors (Lipinski definition) is 3. The zero-order chi connectivity index (χ0) is 13.8. The molecule has 0 aliphatic rings. The van der Waals surface area contributed by atoms with Gasteiger partial charge in [0.15, 0.2) is 17.7 Å². The average molecular weight is 264 g/mol. The van der Waals surface area contributed by atoms with Crippen molar-refractivity contribution in [2.75, 3.05) is 12.4 Å². The van der Waals surface area contributed by atoms with Crippen LogP contribution < -0.4 is 10.5 Å². The largest absolute Gasteiger partial charge is 0.479 e. The van der Waals surface area contributed by atoms with Gasteiger partial charge in [0.05, 0.1) is 0 Å². The lowest BCUT2D eigenvalue weighted by Gasteiger charge is -2.19. The van der Waals surface area contributed by atoms with E-state index in [2.05, 4.69) is 4.98 Å². The van der Waals surface area contributed by atoms with Gasteiger partial charge in [0.25, 0.3) is 0 Å². The van der Waals surface area contributed by atoms with E-state index in [1.165, 1.54) is 18.3 Å². The molecular weight excluding hydrogens is 250 g/mol. The summed E-state index contributed by atoms with van der Waals surface area (Å²) >= 11 is 0. The minimum atomic E-state index is -0.901. The molecule has 2 N–H and O–H groups in total. The molecule has 0 amide bonds. The highest BCUT2D eigenvalue weighted by Crippen LogP contribution is 2.28. The number of hydrogen-bond donors (Lipinski definition) is 1. The van der Waals surface area contributed by atoms with E-state index in [0.29, 0.717) is 5.56 Å². The summed E-state index contributed by atoms with van der Waals surface area (Å²) in [6.45, 7) is 0.992. The number of nitrogen functional groups attached to an aromatic ring is 1. The predicted octanol–water partition coefficient (Wildman–Crippen LogP) is 3.20. The number of nitrogens with zero attached hydrogens (tertiary/aromatic N) is 1. The Morgan fingerprint density at radius 2 is 2.16 bits per heavy atom. The molecule has 0 fully saturated rings. The van der Waals surface area contributed by atoms with E-state index in [1.807, 2.05) is 0 Å². The Kier molecular flexibility index (Phi) is 3.94. The molecule has 3 nitrogen and oxygen atoms in total. The maximum Gasteiger partial charge on any atom is 0.166 e. The first-order valence-electron chi connectivity index (χ1n) is 5.81. The van der Waals surface area contributed by atoms with Gasteiger partial charge >= 0.3 is 0 Å². The molecule has 1 unspecified atom stereocenters. The third-order valence-electron chi connectivity index (χ3n) is 2.80. The smallest absolute Gasteiger partial charge is 0.166 e. The van der Waals surface area contributed by atoms with E-state index in [0.717, 1.165) is 5.56 Å². The number of pyridine rings is 1. The SMILES string of the molecule is Cc1ccc(F)cc1C(CF)Oc1cccnc1N. The Labute approximate surface area is 110 Å². The van der Waals surface area contributed by atoms with Crippen LogP contribution in [0.4, 0.5) is 14.6 Å². The highest BCUT2D eigenvalue weighted by atomic mass is 19.1. The highest BCUT2D eigenvalue weighted by Gasteiger charge is 2.17. The van der Waals surface area contributed by atoms with E-state index < -0.39 is 18.6 Å². The first kappa shape index (κ1) is 13.3. The fourth-order valence-corrected chi connectivity index (χ4v) is 1.79. The van der Waals surface area contributed by atoms with Crippen LogP contribution in [0, 0.1) is 12.7 Å². The Morgan fingerprint density at radius 3 is 2.84 bits per heavy atom. The fourth-order valence-electron chi connectivity index (χ4n) is 1.79. The Balaban J connectivity index is 2.30. The van der Waals surface area contributed by atoms with Gasteiger partial charge < -0.3 is 10.5 Å². The second-order valence-electron chi connectivity index (χ2n) is 4.15. The fraction of sp³-hybridized carbons (Fsp3) is 0.214. The van der Waals surface area contributed by atoms with Crippen LogP contribution in [-0.4, -0.2) is 11.7 Å². The second kappa shape index (κ2) is 5.65. The standard InChI is InChI=1S/C14H14F2N2O/c1-9-4-5-10(16)7-11(9)13(8-15)19-12-3-2-6-18-14(12)17/h2-7,13H,8H2,1H3,(H2,17,18). The van der Waals surface area contributed by atoms with Gasteiger partial charge in [-0.25, -0.2) is 13.8 Å². The summed E-state index contributed by atoms with van der Waals surface area (Å²) in [5.74, 6) is 0.0330. The summed E-state index contributed by atoms with van der Waals surface area (Å²) in [5, 5.41) is 0. The first-order valence-corrected chi connectivity index (χ1v) is 5.81. The molecule has 1 aromatic carbocycles. The van der Waals surface area contributed by atoms with E-state index in [4.69, 9.17) is 10.5 Å². The van der Waals surface area contributed by atoms with Crippen molar-refractivity contribution in [1.82, 2.24) is 4.98 Å². The molecule has 0 saturated carbocycles. The number of aromatic nitrogens is 1. The van der Waals surface area contributed by atoms with Crippen LogP contribution in [-0.2, 0) is 0 Å². The lowest BCUT2D eigenvalue weighted by atomic mass is 10.0. The Bertz CT molecular complexity index is 575. The molecule has 0 aliphatic carbocycles. The molecule has 2 rings (SSSR count). The van der Waals surface area contributed by atoms with Crippen molar-refractivity contribution < 1.29 is 13.5 Å². The van der Waals surface area contributed by atoms with E-state index in [-0.39, 0.29) is 11.6 Å². The number of halogens is 2. The molecular formula is C14H14F2N2O. The first-order chi connectivity index (χ1) is 9.11. The van der Waals surface area contributed by atoms with Gasteiger partial charge in [0.1, 0.15) is 12.5 Å². The number of alkyl halides is 1. The molecule has 100 valence electrons. The van der Waals surface area contributed by atoms with Gasteiger partial charge in [-0.05, 0) is 36.8 Å². The normalized spacial score (nSPS) is 12.2. The van der Waals surface area contributed by atoms with Gasteiger partial charge in [-0.15, -0.1) is 0 Å². The Hall–Kier alpha value is -2.17. The zero-order valence-electron chi connectivity index (χ0n) is 10.4. The summed E-state index contributed by atoms with van der Waals surface area (Å²) in [4.78, 5) is 3.86. The molecule has 2 aromatic rings. The number of rotatable bonds is 4. The van der Waals surface area contributed by atoms with E-state index in [1.54, 1.807) is 25.1 Å². The molecule has 0 aliphatic heterocycles. The van der Waals surface area contributed by atoms with Crippen LogP contribution in [0.3, 0.4) is 0 Å². The van der Waals surface area contributed by atoms with Gasteiger partial charge in [-0.1, -0.05) is 6.07 Å². The molecule has 0 saturated heterocycles. The summed E-state index contributed by atoms with van der Waals surface area (Å²) < 4.78 is 31.9.